The molecule has 2 nitrogen and oxygen atoms in total. The Hall–Kier alpha value is -2.22. The Labute approximate surface area is 105 Å². The lowest BCUT2D eigenvalue weighted by atomic mass is 9.68. The van der Waals surface area contributed by atoms with E-state index in [0.717, 1.165) is 0 Å². The van der Waals surface area contributed by atoms with Crippen LogP contribution in [0.1, 0.15) is 34.1 Å². The number of aromatic hydroxyl groups is 2. The van der Waals surface area contributed by atoms with Crippen LogP contribution < -0.4 is 0 Å². The maximum Gasteiger partial charge on any atom is 0.115 e. The quantitative estimate of drug-likeness (QED) is 0.689. The highest BCUT2D eigenvalue weighted by atomic mass is 16.3. The minimum atomic E-state index is 0.202. The molecule has 2 atom stereocenters. The van der Waals surface area contributed by atoms with Gasteiger partial charge in [-0.2, -0.15) is 0 Å². The molecule has 0 aliphatic heterocycles. The summed E-state index contributed by atoms with van der Waals surface area (Å²) in [5, 5.41) is 19.3. The molecule has 2 aromatic carbocycles. The minimum Gasteiger partial charge on any atom is -0.508 e. The van der Waals surface area contributed by atoms with Crippen molar-refractivity contribution >= 4 is 0 Å². The number of benzene rings is 2. The van der Waals surface area contributed by atoms with Crippen molar-refractivity contribution in [2.24, 2.45) is 0 Å². The SMILES string of the molecule is Oc1ccc2c(c1)[C@@H]1C=C[C@H]2c2cc(O)ccc21. The fraction of sp³-hybridized carbons (Fsp3) is 0.125. The largest absolute Gasteiger partial charge is 0.508 e. The molecule has 0 spiro atoms. The Morgan fingerprint density at radius 3 is 1.50 bits per heavy atom. The van der Waals surface area contributed by atoms with Gasteiger partial charge >= 0.3 is 0 Å². The van der Waals surface area contributed by atoms with Gasteiger partial charge in [-0.15, -0.1) is 0 Å². The van der Waals surface area contributed by atoms with E-state index < -0.39 is 0 Å². The molecule has 0 saturated carbocycles. The van der Waals surface area contributed by atoms with Crippen molar-refractivity contribution in [3.05, 3.63) is 70.8 Å². The molecular weight excluding hydrogens is 224 g/mol. The van der Waals surface area contributed by atoms with Gasteiger partial charge in [-0.05, 0) is 46.5 Å². The van der Waals surface area contributed by atoms with Gasteiger partial charge in [-0.25, -0.2) is 0 Å². The van der Waals surface area contributed by atoms with Gasteiger partial charge in [0.15, 0.2) is 0 Å². The summed E-state index contributed by atoms with van der Waals surface area (Å²) < 4.78 is 0. The molecule has 2 aromatic rings. The first-order chi connectivity index (χ1) is 8.74. The molecule has 0 amide bonds. The van der Waals surface area contributed by atoms with Crippen LogP contribution in [-0.2, 0) is 0 Å². The molecule has 0 saturated heterocycles. The highest BCUT2D eigenvalue weighted by Crippen LogP contribution is 2.50. The van der Waals surface area contributed by atoms with Crippen LogP contribution in [0.4, 0.5) is 0 Å². The summed E-state index contributed by atoms with van der Waals surface area (Å²) in [7, 11) is 0. The summed E-state index contributed by atoms with van der Waals surface area (Å²) in [4.78, 5) is 0. The predicted molar refractivity (Wildman–Crippen MR) is 69.0 cm³/mol. The van der Waals surface area contributed by atoms with Crippen LogP contribution in [0.15, 0.2) is 48.6 Å². The minimum absolute atomic E-state index is 0.202. The number of phenolic OH excluding ortho intramolecular Hbond substituents is 2. The van der Waals surface area contributed by atoms with Gasteiger partial charge < -0.3 is 10.2 Å². The number of hydrogen-bond donors (Lipinski definition) is 2. The molecule has 3 aliphatic carbocycles. The van der Waals surface area contributed by atoms with E-state index in [-0.39, 0.29) is 11.8 Å². The van der Waals surface area contributed by atoms with Crippen molar-refractivity contribution in [3.63, 3.8) is 0 Å². The van der Waals surface area contributed by atoms with E-state index in [1.807, 2.05) is 24.3 Å². The topological polar surface area (TPSA) is 40.5 Å². The average molecular weight is 236 g/mol. The third kappa shape index (κ3) is 1.12. The molecule has 5 rings (SSSR count). The predicted octanol–water partition coefficient (Wildman–Crippen LogP) is 3.24. The molecule has 2 N–H and O–H groups in total. The fourth-order valence-corrected chi connectivity index (χ4v) is 3.20. The third-order valence-electron chi connectivity index (χ3n) is 3.98. The molecule has 0 heterocycles. The zero-order chi connectivity index (χ0) is 12.3. The summed E-state index contributed by atoms with van der Waals surface area (Å²) in [6.45, 7) is 0. The zero-order valence-corrected chi connectivity index (χ0v) is 9.67. The van der Waals surface area contributed by atoms with Gasteiger partial charge in [0.1, 0.15) is 11.5 Å². The lowest BCUT2D eigenvalue weighted by Crippen LogP contribution is -2.20. The highest BCUT2D eigenvalue weighted by molar-refractivity contribution is 5.62. The van der Waals surface area contributed by atoms with Crippen molar-refractivity contribution in [1.29, 1.82) is 0 Å². The molecule has 88 valence electrons. The smallest absolute Gasteiger partial charge is 0.115 e. The second-order valence-corrected chi connectivity index (χ2v) is 4.97. The monoisotopic (exact) mass is 236 g/mol. The molecule has 18 heavy (non-hydrogen) atoms. The molecule has 3 aliphatic rings. The van der Waals surface area contributed by atoms with Gasteiger partial charge in [0.2, 0.25) is 0 Å². The summed E-state index contributed by atoms with van der Waals surface area (Å²) in [6.07, 6.45) is 4.37. The Kier molecular flexibility index (Phi) is 1.72. The summed E-state index contributed by atoms with van der Waals surface area (Å²) in [5.41, 5.74) is 4.83. The lowest BCUT2D eigenvalue weighted by molar-refractivity contribution is 0.471. The summed E-state index contributed by atoms with van der Waals surface area (Å²) in [5.74, 6) is 1.03. The maximum atomic E-state index is 9.64. The molecule has 0 unspecified atom stereocenters. The van der Waals surface area contributed by atoms with Crippen molar-refractivity contribution < 1.29 is 10.2 Å². The second kappa shape index (κ2) is 3.16. The first-order valence-corrected chi connectivity index (χ1v) is 6.08. The van der Waals surface area contributed by atoms with Crippen LogP contribution in [0, 0.1) is 0 Å². The molecule has 2 bridgehead atoms. The fourth-order valence-electron chi connectivity index (χ4n) is 3.20. The highest BCUT2D eigenvalue weighted by Gasteiger charge is 2.33. The van der Waals surface area contributed by atoms with Crippen LogP contribution in [0.3, 0.4) is 0 Å². The van der Waals surface area contributed by atoms with E-state index in [4.69, 9.17) is 0 Å². The average Bonchev–Trinajstić information content (AvgIpc) is 2.38. The Balaban J connectivity index is 2.01. The maximum absolute atomic E-state index is 9.64. The van der Waals surface area contributed by atoms with Gasteiger partial charge in [0.05, 0.1) is 0 Å². The van der Waals surface area contributed by atoms with Crippen LogP contribution >= 0.6 is 0 Å². The van der Waals surface area contributed by atoms with E-state index in [0.29, 0.717) is 11.5 Å². The summed E-state index contributed by atoms with van der Waals surface area (Å²) in [6, 6.07) is 11.1. The molecule has 0 radical (unpaired) electrons. The van der Waals surface area contributed by atoms with Crippen LogP contribution in [0.25, 0.3) is 0 Å². The number of allylic oxidation sites excluding steroid dienone is 2. The van der Waals surface area contributed by atoms with Crippen molar-refractivity contribution in [1.82, 2.24) is 0 Å². The third-order valence-corrected chi connectivity index (χ3v) is 3.98. The van der Waals surface area contributed by atoms with Gasteiger partial charge in [0, 0.05) is 11.8 Å². The van der Waals surface area contributed by atoms with Gasteiger partial charge in [-0.3, -0.25) is 0 Å². The first-order valence-electron chi connectivity index (χ1n) is 6.08. The molecule has 0 fully saturated rings. The molecular formula is C16H12O2. The zero-order valence-electron chi connectivity index (χ0n) is 9.67. The lowest BCUT2D eigenvalue weighted by Gasteiger charge is -2.36. The van der Waals surface area contributed by atoms with E-state index in [1.54, 1.807) is 12.1 Å². The van der Waals surface area contributed by atoms with Crippen LogP contribution in [0.5, 0.6) is 11.5 Å². The molecule has 0 aromatic heterocycles. The van der Waals surface area contributed by atoms with Crippen LogP contribution in [0.2, 0.25) is 0 Å². The van der Waals surface area contributed by atoms with Crippen LogP contribution in [-0.4, -0.2) is 10.2 Å². The first kappa shape index (κ1) is 9.77. The van der Waals surface area contributed by atoms with E-state index >= 15 is 0 Å². The second-order valence-electron chi connectivity index (χ2n) is 4.97. The van der Waals surface area contributed by atoms with Crippen molar-refractivity contribution in [3.8, 4) is 11.5 Å². The Morgan fingerprint density at radius 2 is 1.06 bits per heavy atom. The standard InChI is InChI=1S/C16H12O2/c17-9-1-3-11-13-5-6-14(15(11)7-9)12-4-2-10(18)8-16(12)13/h1-8,13-14,17-18H/t13-,14-/m1/s1. The van der Waals surface area contributed by atoms with Gasteiger partial charge in [-0.1, -0.05) is 24.3 Å². The summed E-state index contributed by atoms with van der Waals surface area (Å²) >= 11 is 0. The Morgan fingerprint density at radius 1 is 0.611 bits per heavy atom. The number of rotatable bonds is 0. The van der Waals surface area contributed by atoms with Crippen molar-refractivity contribution in [2.45, 2.75) is 11.8 Å². The van der Waals surface area contributed by atoms with E-state index in [1.165, 1.54) is 22.3 Å². The Bertz CT molecular complexity index is 626. The van der Waals surface area contributed by atoms with E-state index in [2.05, 4.69) is 12.2 Å². The number of phenols is 2. The normalized spacial score (nSPS) is 22.7. The van der Waals surface area contributed by atoms with E-state index in [9.17, 15) is 10.2 Å². The van der Waals surface area contributed by atoms with Crippen molar-refractivity contribution in [2.75, 3.05) is 0 Å². The number of hydrogen-bond acceptors (Lipinski definition) is 2. The molecule has 2 heteroatoms. The van der Waals surface area contributed by atoms with Gasteiger partial charge in [0.25, 0.3) is 0 Å².